The molecule has 0 saturated carbocycles. The van der Waals surface area contributed by atoms with Crippen molar-refractivity contribution in [3.05, 3.63) is 47.5 Å². The molecule has 0 fully saturated rings. The van der Waals surface area contributed by atoms with E-state index in [0.29, 0.717) is 28.2 Å². The first-order chi connectivity index (χ1) is 12.9. The zero-order valence-corrected chi connectivity index (χ0v) is 16.9. The van der Waals surface area contributed by atoms with Gasteiger partial charge in [0.1, 0.15) is 0 Å². The number of carbonyl (C=O) groups excluding carboxylic acids is 2. The number of thioether (sulfide) groups is 1. The number of carbonyl (C=O) groups is 2. The third kappa shape index (κ3) is 4.96. The second-order valence-corrected chi connectivity index (χ2v) is 8.37. The largest absolute Gasteiger partial charge is 0.374 e. The van der Waals surface area contributed by atoms with Gasteiger partial charge in [0.15, 0.2) is 0 Å². The van der Waals surface area contributed by atoms with Gasteiger partial charge in [0.05, 0.1) is 23.6 Å². The number of nitrogens with one attached hydrogen (secondary N) is 2. The molecule has 0 bridgehead atoms. The minimum atomic E-state index is -0.181. The molecule has 0 aliphatic carbocycles. The van der Waals surface area contributed by atoms with Crippen molar-refractivity contribution in [2.75, 3.05) is 28.6 Å². The van der Waals surface area contributed by atoms with Crippen LogP contribution in [0.4, 0.5) is 17.1 Å². The Morgan fingerprint density at radius 3 is 2.78 bits per heavy atom. The van der Waals surface area contributed by atoms with Crippen LogP contribution in [0.1, 0.15) is 20.3 Å². The molecule has 0 saturated heterocycles. The van der Waals surface area contributed by atoms with Gasteiger partial charge in [-0.3, -0.25) is 9.59 Å². The third-order valence-corrected chi connectivity index (χ3v) is 5.74. The number of hydrogen-bond donors (Lipinski definition) is 2. The van der Waals surface area contributed by atoms with Gasteiger partial charge in [-0.1, -0.05) is 30.7 Å². The van der Waals surface area contributed by atoms with Gasteiger partial charge in [-0.05, 0) is 36.8 Å². The van der Waals surface area contributed by atoms with E-state index in [0.717, 1.165) is 17.0 Å². The molecule has 2 aromatic rings. The van der Waals surface area contributed by atoms with E-state index >= 15 is 0 Å². The molecular formula is C20H22ClN3O2S. The van der Waals surface area contributed by atoms with E-state index in [1.54, 1.807) is 30.0 Å². The van der Waals surface area contributed by atoms with Gasteiger partial charge in [0.25, 0.3) is 0 Å². The van der Waals surface area contributed by atoms with Crippen LogP contribution in [0.15, 0.2) is 47.4 Å². The maximum absolute atomic E-state index is 12.9. The second-order valence-electron chi connectivity index (χ2n) is 6.45. The van der Waals surface area contributed by atoms with Crippen molar-refractivity contribution < 1.29 is 9.59 Å². The Morgan fingerprint density at radius 2 is 2.00 bits per heavy atom. The third-order valence-electron chi connectivity index (χ3n) is 4.27. The highest BCUT2D eigenvalue weighted by Gasteiger charge is 2.24. The molecule has 1 aliphatic rings. The van der Waals surface area contributed by atoms with Gasteiger partial charge in [-0.25, -0.2) is 0 Å². The van der Waals surface area contributed by atoms with Crippen molar-refractivity contribution >= 4 is 52.2 Å². The van der Waals surface area contributed by atoms with Crippen LogP contribution in [0.3, 0.4) is 0 Å². The molecule has 1 unspecified atom stereocenters. The summed E-state index contributed by atoms with van der Waals surface area (Å²) in [4.78, 5) is 27.3. The monoisotopic (exact) mass is 403 g/mol. The number of nitrogens with zero attached hydrogens (tertiary/aromatic N) is 1. The molecular weight excluding hydrogens is 382 g/mol. The van der Waals surface area contributed by atoms with Crippen LogP contribution in [0, 0.1) is 0 Å². The van der Waals surface area contributed by atoms with E-state index in [2.05, 4.69) is 23.6 Å². The van der Waals surface area contributed by atoms with Gasteiger partial charge in [-0.2, -0.15) is 0 Å². The number of hydrogen-bond acceptors (Lipinski definition) is 4. The average molecular weight is 404 g/mol. The van der Waals surface area contributed by atoms with Crippen LogP contribution in [-0.4, -0.2) is 30.2 Å². The molecule has 2 amide bonds. The lowest BCUT2D eigenvalue weighted by Crippen LogP contribution is -2.36. The SMILES string of the molecule is CC(=O)Nc1ccc(Cl)cc1NCC(=O)N1CCC(C)Sc2ccccc21. The highest BCUT2D eigenvalue weighted by Crippen LogP contribution is 2.37. The van der Waals surface area contributed by atoms with E-state index in [9.17, 15) is 9.59 Å². The number of fused-ring (bicyclic) bond motifs is 1. The predicted molar refractivity (Wildman–Crippen MR) is 113 cm³/mol. The van der Waals surface area contributed by atoms with Crippen molar-refractivity contribution in [1.82, 2.24) is 0 Å². The van der Waals surface area contributed by atoms with Gasteiger partial charge in [0.2, 0.25) is 11.8 Å². The first-order valence-electron chi connectivity index (χ1n) is 8.81. The highest BCUT2D eigenvalue weighted by molar-refractivity contribution is 8.00. The number of amides is 2. The normalized spacial score (nSPS) is 16.3. The molecule has 0 radical (unpaired) electrons. The quantitative estimate of drug-likeness (QED) is 0.781. The molecule has 2 aromatic carbocycles. The van der Waals surface area contributed by atoms with E-state index in [4.69, 9.17) is 11.6 Å². The molecule has 1 aliphatic heterocycles. The van der Waals surface area contributed by atoms with E-state index in [1.165, 1.54) is 6.92 Å². The van der Waals surface area contributed by atoms with Crippen LogP contribution >= 0.6 is 23.4 Å². The minimum Gasteiger partial charge on any atom is -0.374 e. The number of benzene rings is 2. The van der Waals surface area contributed by atoms with Crippen LogP contribution in [0.25, 0.3) is 0 Å². The predicted octanol–water partition coefficient (Wildman–Crippen LogP) is 4.63. The fourth-order valence-corrected chi connectivity index (χ4v) is 4.26. The van der Waals surface area contributed by atoms with Gasteiger partial charge < -0.3 is 15.5 Å². The fraction of sp³-hybridized carbons (Fsp3) is 0.300. The average Bonchev–Trinajstić information content (AvgIpc) is 2.79. The first-order valence-corrected chi connectivity index (χ1v) is 10.1. The Labute approximate surface area is 168 Å². The number of halogens is 1. The maximum atomic E-state index is 12.9. The number of rotatable bonds is 4. The second kappa shape index (κ2) is 8.67. The lowest BCUT2D eigenvalue weighted by molar-refractivity contribution is -0.117. The van der Waals surface area contributed by atoms with Gasteiger partial charge >= 0.3 is 0 Å². The zero-order valence-electron chi connectivity index (χ0n) is 15.3. The van der Waals surface area contributed by atoms with Crippen molar-refractivity contribution in [3.63, 3.8) is 0 Å². The standard InChI is InChI=1S/C20H22ClN3O2S/c1-13-9-10-24(18-5-3-4-6-19(18)27-13)20(26)12-22-17-11-15(21)7-8-16(17)23-14(2)25/h3-8,11,13,22H,9-10,12H2,1-2H3,(H,23,25). The van der Waals surface area contributed by atoms with Crippen LogP contribution in [0.5, 0.6) is 0 Å². The summed E-state index contributed by atoms with van der Waals surface area (Å²) in [6.07, 6.45) is 0.930. The number of anilines is 3. The zero-order chi connectivity index (χ0) is 19.4. The Balaban J connectivity index is 1.77. The molecule has 7 heteroatoms. The van der Waals surface area contributed by atoms with Gasteiger partial charge in [0, 0.05) is 28.6 Å². The summed E-state index contributed by atoms with van der Waals surface area (Å²) in [6.45, 7) is 4.41. The molecule has 0 aromatic heterocycles. The smallest absolute Gasteiger partial charge is 0.246 e. The summed E-state index contributed by atoms with van der Waals surface area (Å²) in [5.74, 6) is -0.204. The summed E-state index contributed by atoms with van der Waals surface area (Å²) in [5.41, 5.74) is 2.17. The van der Waals surface area contributed by atoms with Gasteiger partial charge in [-0.15, -0.1) is 11.8 Å². The van der Waals surface area contributed by atoms with E-state index in [-0.39, 0.29) is 18.4 Å². The summed E-state index contributed by atoms with van der Waals surface area (Å²) >= 11 is 7.87. The fourth-order valence-electron chi connectivity index (χ4n) is 2.97. The summed E-state index contributed by atoms with van der Waals surface area (Å²) in [6, 6.07) is 13.1. The van der Waals surface area contributed by atoms with Crippen molar-refractivity contribution in [2.45, 2.75) is 30.4 Å². The summed E-state index contributed by atoms with van der Waals surface area (Å²) < 4.78 is 0. The van der Waals surface area contributed by atoms with Crippen molar-refractivity contribution in [3.8, 4) is 0 Å². The molecule has 142 valence electrons. The molecule has 1 heterocycles. The summed E-state index contributed by atoms with van der Waals surface area (Å²) in [7, 11) is 0. The number of para-hydroxylation sites is 1. The van der Waals surface area contributed by atoms with E-state index < -0.39 is 0 Å². The molecule has 3 rings (SSSR count). The van der Waals surface area contributed by atoms with Crippen LogP contribution in [0.2, 0.25) is 5.02 Å². The molecule has 5 nitrogen and oxygen atoms in total. The van der Waals surface area contributed by atoms with Crippen LogP contribution in [-0.2, 0) is 9.59 Å². The Bertz CT molecular complexity index is 859. The topological polar surface area (TPSA) is 61.4 Å². The van der Waals surface area contributed by atoms with E-state index in [1.807, 2.05) is 23.1 Å². The molecule has 0 spiro atoms. The maximum Gasteiger partial charge on any atom is 0.246 e. The van der Waals surface area contributed by atoms with Crippen molar-refractivity contribution in [2.24, 2.45) is 0 Å². The molecule has 1 atom stereocenters. The first kappa shape index (κ1) is 19.6. The summed E-state index contributed by atoms with van der Waals surface area (Å²) in [5, 5.41) is 6.86. The molecule has 27 heavy (non-hydrogen) atoms. The minimum absolute atomic E-state index is 0.0223. The Hall–Kier alpha value is -2.18. The van der Waals surface area contributed by atoms with Crippen LogP contribution < -0.4 is 15.5 Å². The molecule has 2 N–H and O–H groups in total. The lowest BCUT2D eigenvalue weighted by Gasteiger charge is -2.23. The lowest BCUT2D eigenvalue weighted by atomic mass is 10.2. The Morgan fingerprint density at radius 1 is 1.22 bits per heavy atom. The Kier molecular flexibility index (Phi) is 6.29. The van der Waals surface area contributed by atoms with Crippen molar-refractivity contribution in [1.29, 1.82) is 0 Å². The highest BCUT2D eigenvalue weighted by atomic mass is 35.5.